The Kier molecular flexibility index (Phi) is 9.24. The number of ether oxygens (including phenoxy) is 2. The molecule has 2 atom stereocenters. The number of carbonyl (C=O) groups excluding carboxylic acids is 2. The SMILES string of the molecule is CC(C)C(C(=O)OC(C#N)c1cccc(N(C(=O)C(F)(F)F)c2ccccc2)c1)c1ccc(OC(F)F)cc1. The van der Waals surface area contributed by atoms with E-state index in [1.54, 1.807) is 19.9 Å². The number of hydrogen-bond donors (Lipinski definition) is 0. The fraction of sp³-hybridized carbons (Fsp3) is 0.250. The zero-order chi connectivity index (χ0) is 28.7. The molecule has 0 bridgehead atoms. The van der Waals surface area contributed by atoms with Crippen LogP contribution in [0.15, 0.2) is 78.9 Å². The lowest BCUT2D eigenvalue weighted by Gasteiger charge is -2.25. The fourth-order valence-electron chi connectivity index (χ4n) is 3.92. The van der Waals surface area contributed by atoms with Gasteiger partial charge in [0.1, 0.15) is 11.8 Å². The van der Waals surface area contributed by atoms with Gasteiger partial charge in [-0.2, -0.15) is 27.2 Å². The van der Waals surface area contributed by atoms with E-state index >= 15 is 0 Å². The van der Waals surface area contributed by atoms with E-state index in [-0.39, 0.29) is 28.6 Å². The molecule has 39 heavy (non-hydrogen) atoms. The highest BCUT2D eigenvalue weighted by atomic mass is 19.4. The maximum absolute atomic E-state index is 13.4. The Balaban J connectivity index is 1.91. The van der Waals surface area contributed by atoms with E-state index in [0.717, 1.165) is 0 Å². The molecule has 0 saturated carbocycles. The Hall–Kier alpha value is -4.46. The highest BCUT2D eigenvalue weighted by Gasteiger charge is 2.44. The highest BCUT2D eigenvalue weighted by molar-refractivity contribution is 6.03. The summed E-state index contributed by atoms with van der Waals surface area (Å²) >= 11 is 0. The first-order chi connectivity index (χ1) is 18.4. The lowest BCUT2D eigenvalue weighted by Crippen LogP contribution is -2.38. The average Bonchev–Trinajstić information content (AvgIpc) is 2.88. The van der Waals surface area contributed by atoms with E-state index in [0.29, 0.717) is 10.5 Å². The van der Waals surface area contributed by atoms with Gasteiger partial charge in [-0.1, -0.05) is 56.3 Å². The molecule has 0 aromatic heterocycles. The summed E-state index contributed by atoms with van der Waals surface area (Å²) < 4.78 is 74.9. The zero-order valence-electron chi connectivity index (χ0n) is 20.7. The van der Waals surface area contributed by atoms with Crippen LogP contribution in [-0.4, -0.2) is 24.7 Å². The Bertz CT molecular complexity index is 1320. The number of benzene rings is 3. The third kappa shape index (κ3) is 7.31. The van der Waals surface area contributed by atoms with Crippen LogP contribution in [0.25, 0.3) is 0 Å². The van der Waals surface area contributed by atoms with Gasteiger partial charge in [0.2, 0.25) is 6.10 Å². The van der Waals surface area contributed by atoms with Crippen molar-refractivity contribution < 1.29 is 41.0 Å². The summed E-state index contributed by atoms with van der Waals surface area (Å²) in [7, 11) is 0. The molecule has 0 heterocycles. The second kappa shape index (κ2) is 12.4. The van der Waals surface area contributed by atoms with Crippen LogP contribution in [0.4, 0.5) is 33.3 Å². The number of amides is 1. The van der Waals surface area contributed by atoms with Crippen molar-refractivity contribution in [3.63, 3.8) is 0 Å². The van der Waals surface area contributed by atoms with Gasteiger partial charge >= 0.3 is 24.7 Å². The lowest BCUT2D eigenvalue weighted by molar-refractivity contribution is -0.169. The van der Waals surface area contributed by atoms with Crippen molar-refractivity contribution in [2.24, 2.45) is 5.92 Å². The first kappa shape index (κ1) is 29.1. The minimum absolute atomic E-state index is 0.0439. The van der Waals surface area contributed by atoms with E-state index < -0.39 is 36.7 Å². The number of alkyl halides is 5. The van der Waals surface area contributed by atoms with E-state index in [1.807, 2.05) is 6.07 Å². The van der Waals surface area contributed by atoms with Crippen LogP contribution in [0.3, 0.4) is 0 Å². The second-order valence-corrected chi connectivity index (χ2v) is 8.68. The first-order valence-corrected chi connectivity index (χ1v) is 11.6. The van der Waals surface area contributed by atoms with Gasteiger partial charge in [0.25, 0.3) is 0 Å². The van der Waals surface area contributed by atoms with E-state index in [1.165, 1.54) is 72.8 Å². The van der Waals surface area contributed by atoms with Gasteiger partial charge in [-0.15, -0.1) is 0 Å². The summed E-state index contributed by atoms with van der Waals surface area (Å²) in [4.78, 5) is 25.9. The number of carbonyl (C=O) groups is 2. The number of rotatable bonds is 9. The summed E-state index contributed by atoms with van der Waals surface area (Å²) in [6.07, 6.45) is -6.70. The third-order valence-corrected chi connectivity index (χ3v) is 5.63. The van der Waals surface area contributed by atoms with Crippen molar-refractivity contribution >= 4 is 23.3 Å². The van der Waals surface area contributed by atoms with Crippen molar-refractivity contribution in [2.75, 3.05) is 4.90 Å². The van der Waals surface area contributed by atoms with E-state index in [9.17, 15) is 36.8 Å². The first-order valence-electron chi connectivity index (χ1n) is 11.6. The fourth-order valence-corrected chi connectivity index (χ4v) is 3.92. The number of hydrogen-bond acceptors (Lipinski definition) is 5. The van der Waals surface area contributed by atoms with Crippen LogP contribution in [0.2, 0.25) is 0 Å². The van der Waals surface area contributed by atoms with Crippen molar-refractivity contribution in [1.29, 1.82) is 5.26 Å². The molecule has 0 N–H and O–H groups in total. The molecule has 0 radical (unpaired) electrons. The largest absolute Gasteiger partial charge is 0.472 e. The zero-order valence-corrected chi connectivity index (χ0v) is 20.7. The van der Waals surface area contributed by atoms with Crippen molar-refractivity contribution in [2.45, 2.75) is 38.7 Å². The molecule has 0 aliphatic heterocycles. The van der Waals surface area contributed by atoms with Crippen molar-refractivity contribution in [3.05, 3.63) is 90.0 Å². The van der Waals surface area contributed by atoms with Crippen molar-refractivity contribution in [3.8, 4) is 11.8 Å². The molecule has 6 nitrogen and oxygen atoms in total. The van der Waals surface area contributed by atoms with Crippen LogP contribution < -0.4 is 9.64 Å². The monoisotopic (exact) mass is 546 g/mol. The van der Waals surface area contributed by atoms with E-state index in [2.05, 4.69) is 4.74 Å². The lowest BCUT2D eigenvalue weighted by atomic mass is 9.88. The Labute approximate surface area is 221 Å². The minimum Gasteiger partial charge on any atom is -0.441 e. The smallest absolute Gasteiger partial charge is 0.441 e. The molecule has 0 fully saturated rings. The minimum atomic E-state index is -5.19. The van der Waals surface area contributed by atoms with Gasteiger partial charge in [-0.25, -0.2) is 0 Å². The van der Waals surface area contributed by atoms with E-state index in [4.69, 9.17) is 4.74 Å². The maximum Gasteiger partial charge on any atom is 0.472 e. The van der Waals surface area contributed by atoms with Crippen LogP contribution in [0, 0.1) is 17.2 Å². The third-order valence-electron chi connectivity index (χ3n) is 5.63. The molecule has 0 saturated heterocycles. The van der Waals surface area contributed by atoms with Gasteiger partial charge in [0, 0.05) is 16.9 Å². The van der Waals surface area contributed by atoms with Crippen LogP contribution in [-0.2, 0) is 14.3 Å². The molecule has 3 aromatic rings. The average molecular weight is 546 g/mol. The molecule has 0 spiro atoms. The Morgan fingerprint density at radius 3 is 2.03 bits per heavy atom. The highest BCUT2D eigenvalue weighted by Crippen LogP contribution is 2.34. The predicted octanol–water partition coefficient (Wildman–Crippen LogP) is 7.06. The topological polar surface area (TPSA) is 79.6 Å². The number of halogens is 5. The quantitative estimate of drug-likeness (QED) is 0.212. The van der Waals surface area contributed by atoms with Gasteiger partial charge in [0.05, 0.1) is 5.92 Å². The molecule has 3 aromatic carbocycles. The number of nitrogens with zero attached hydrogens (tertiary/aromatic N) is 2. The number of nitriles is 1. The predicted molar refractivity (Wildman–Crippen MR) is 131 cm³/mol. The normalized spacial score (nSPS) is 12.9. The maximum atomic E-state index is 13.4. The molecule has 2 unspecified atom stereocenters. The molecular weight excluding hydrogens is 523 g/mol. The van der Waals surface area contributed by atoms with Crippen molar-refractivity contribution in [1.82, 2.24) is 0 Å². The van der Waals surface area contributed by atoms with Gasteiger partial charge in [-0.3, -0.25) is 14.5 Å². The summed E-state index contributed by atoms with van der Waals surface area (Å²) in [5, 5.41) is 9.75. The number of anilines is 2. The van der Waals surface area contributed by atoms with Gasteiger partial charge in [-0.05, 0) is 47.9 Å². The standard InChI is InChI=1S/C28H23F5N2O4/c1-17(2)24(18-11-13-22(14-12-18)38-27(29)30)25(36)39-23(16-34)19-7-6-10-21(15-19)35(26(37)28(31,32)33)20-8-4-3-5-9-20/h3-15,17,23-24,27H,1-2H3. The summed E-state index contributed by atoms with van der Waals surface area (Å²) in [5.74, 6) is -4.28. The Morgan fingerprint density at radius 2 is 1.49 bits per heavy atom. The molecular formula is C28H23F5N2O4. The molecule has 0 aliphatic carbocycles. The van der Waals surface area contributed by atoms with Crippen LogP contribution in [0.5, 0.6) is 5.75 Å². The number of para-hydroxylation sites is 1. The Morgan fingerprint density at radius 1 is 0.872 bits per heavy atom. The summed E-state index contributed by atoms with van der Waals surface area (Å²) in [6.45, 7) is 0.425. The second-order valence-electron chi connectivity index (χ2n) is 8.68. The summed E-state index contributed by atoms with van der Waals surface area (Å²) in [5.41, 5.74) is 0.226. The van der Waals surface area contributed by atoms with Gasteiger partial charge in [0.15, 0.2) is 0 Å². The molecule has 11 heteroatoms. The van der Waals surface area contributed by atoms with Gasteiger partial charge < -0.3 is 9.47 Å². The molecule has 0 aliphatic rings. The molecule has 204 valence electrons. The molecule has 1 amide bonds. The summed E-state index contributed by atoms with van der Waals surface area (Å²) in [6, 6.07) is 19.5. The molecule has 3 rings (SSSR count). The number of esters is 1. The van der Waals surface area contributed by atoms with Crippen LogP contribution in [0.1, 0.15) is 37.0 Å². The van der Waals surface area contributed by atoms with Crippen LogP contribution >= 0.6 is 0 Å².